The normalized spacial score (nSPS) is 9.40. The molecular weight excluding hydrogens is 150 g/mol. The molecule has 0 N–H and O–H groups in total. The fourth-order valence-electron chi connectivity index (χ4n) is 0.686. The van der Waals surface area contributed by atoms with Crippen LogP contribution in [-0.4, -0.2) is 0 Å². The lowest BCUT2D eigenvalue weighted by Crippen LogP contribution is -1.71. The molecule has 0 saturated heterocycles. The predicted molar refractivity (Wildman–Crippen MR) is 41.6 cm³/mol. The van der Waals surface area contributed by atoms with Crippen LogP contribution in [0.3, 0.4) is 0 Å². The Kier molecular flexibility index (Phi) is 2.02. The van der Waals surface area contributed by atoms with Gasteiger partial charge in [0.05, 0.1) is 0 Å². The fraction of sp³-hybridized carbons (Fsp3) is 0.143. The molecule has 1 aromatic carbocycles. The molecule has 0 aliphatic heterocycles. The van der Waals surface area contributed by atoms with Crippen LogP contribution in [0.25, 0.3) is 0 Å². The smallest absolute Gasteiger partial charge is 0.108 e. The molecule has 0 fully saturated rings. The zero-order valence-electron chi connectivity index (χ0n) is 5.47. The number of aryl methyl sites for hydroxylation is 1. The summed E-state index contributed by atoms with van der Waals surface area (Å²) < 4.78 is 0. The maximum atomic E-state index is 9.98. The van der Waals surface area contributed by atoms with E-state index in [-0.39, 0.29) is 0 Å². The highest BCUT2D eigenvalue weighted by atomic mass is 35.5. The first kappa shape index (κ1) is 7.22. The monoisotopic (exact) mass is 155 g/mol. The standard InChI is InChI=1S/C7H6ClNO/c1-5-4-6(9-10)2-3-7(5)8/h2-4H,1H3. The van der Waals surface area contributed by atoms with Gasteiger partial charge in [0.2, 0.25) is 0 Å². The van der Waals surface area contributed by atoms with Crippen molar-refractivity contribution in [3.8, 4) is 0 Å². The van der Waals surface area contributed by atoms with Gasteiger partial charge in [-0.25, -0.2) is 0 Å². The average Bonchev–Trinajstić information content (AvgIpc) is 1.95. The first-order chi connectivity index (χ1) is 4.74. The Morgan fingerprint density at radius 3 is 2.70 bits per heavy atom. The first-order valence-electron chi connectivity index (χ1n) is 2.83. The highest BCUT2D eigenvalue weighted by molar-refractivity contribution is 6.31. The Morgan fingerprint density at radius 2 is 2.20 bits per heavy atom. The van der Waals surface area contributed by atoms with Crippen molar-refractivity contribution in [2.24, 2.45) is 5.18 Å². The number of hydrogen-bond donors (Lipinski definition) is 0. The second-order valence-electron chi connectivity index (χ2n) is 2.02. The zero-order valence-corrected chi connectivity index (χ0v) is 6.22. The molecule has 0 heterocycles. The third-order valence-corrected chi connectivity index (χ3v) is 1.67. The summed E-state index contributed by atoms with van der Waals surface area (Å²) in [7, 11) is 0. The van der Waals surface area contributed by atoms with Crippen molar-refractivity contribution >= 4 is 17.3 Å². The van der Waals surface area contributed by atoms with Crippen molar-refractivity contribution in [3.05, 3.63) is 33.7 Å². The summed E-state index contributed by atoms with van der Waals surface area (Å²) in [5.74, 6) is 0. The van der Waals surface area contributed by atoms with Crippen molar-refractivity contribution in [1.29, 1.82) is 0 Å². The van der Waals surface area contributed by atoms with Crippen molar-refractivity contribution < 1.29 is 0 Å². The van der Waals surface area contributed by atoms with E-state index in [1.54, 1.807) is 18.2 Å². The van der Waals surface area contributed by atoms with Crippen molar-refractivity contribution in [2.45, 2.75) is 6.92 Å². The molecule has 0 radical (unpaired) electrons. The Morgan fingerprint density at radius 1 is 1.50 bits per heavy atom. The molecule has 52 valence electrons. The Hall–Kier alpha value is -0.890. The van der Waals surface area contributed by atoms with E-state index in [0.29, 0.717) is 10.7 Å². The zero-order chi connectivity index (χ0) is 7.56. The van der Waals surface area contributed by atoms with Crippen LogP contribution in [0.5, 0.6) is 0 Å². The number of nitroso groups, excluding NO2 is 1. The largest absolute Gasteiger partial charge is 0.145 e. The first-order valence-corrected chi connectivity index (χ1v) is 3.21. The van der Waals surface area contributed by atoms with Gasteiger partial charge in [0.25, 0.3) is 0 Å². The van der Waals surface area contributed by atoms with Gasteiger partial charge in [-0.05, 0) is 35.9 Å². The van der Waals surface area contributed by atoms with Crippen LogP contribution in [0.4, 0.5) is 5.69 Å². The van der Waals surface area contributed by atoms with E-state index < -0.39 is 0 Å². The van der Waals surface area contributed by atoms with Crippen molar-refractivity contribution in [2.75, 3.05) is 0 Å². The number of hydrogen-bond acceptors (Lipinski definition) is 2. The SMILES string of the molecule is Cc1cc(N=O)ccc1Cl. The molecule has 2 nitrogen and oxygen atoms in total. The molecule has 0 saturated carbocycles. The van der Waals surface area contributed by atoms with Crippen LogP contribution in [-0.2, 0) is 0 Å². The van der Waals surface area contributed by atoms with Crippen LogP contribution >= 0.6 is 11.6 Å². The summed E-state index contributed by atoms with van der Waals surface area (Å²) in [4.78, 5) is 9.98. The van der Waals surface area contributed by atoms with E-state index in [4.69, 9.17) is 11.6 Å². The lowest BCUT2D eigenvalue weighted by atomic mass is 10.2. The molecule has 0 amide bonds. The van der Waals surface area contributed by atoms with E-state index >= 15 is 0 Å². The van der Waals surface area contributed by atoms with Crippen LogP contribution < -0.4 is 0 Å². The quantitative estimate of drug-likeness (QED) is 0.573. The third kappa shape index (κ3) is 1.33. The molecule has 0 aliphatic carbocycles. The van der Waals surface area contributed by atoms with Gasteiger partial charge in [0.15, 0.2) is 0 Å². The van der Waals surface area contributed by atoms with Crippen LogP contribution in [0, 0.1) is 11.8 Å². The molecule has 0 bridgehead atoms. The summed E-state index contributed by atoms with van der Waals surface area (Å²) in [5.41, 5.74) is 1.29. The van der Waals surface area contributed by atoms with Crippen LogP contribution in [0.15, 0.2) is 23.4 Å². The Labute approximate surface area is 63.8 Å². The van der Waals surface area contributed by atoms with Gasteiger partial charge in [-0.15, -0.1) is 4.91 Å². The number of benzene rings is 1. The minimum atomic E-state index is 0.418. The fourth-order valence-corrected chi connectivity index (χ4v) is 0.803. The molecular formula is C7H6ClNO. The van der Waals surface area contributed by atoms with Gasteiger partial charge in [-0.2, -0.15) is 0 Å². The van der Waals surface area contributed by atoms with Gasteiger partial charge in [-0.3, -0.25) is 0 Å². The van der Waals surface area contributed by atoms with Crippen LogP contribution in [0.2, 0.25) is 5.02 Å². The summed E-state index contributed by atoms with van der Waals surface area (Å²) in [6.45, 7) is 1.83. The third-order valence-electron chi connectivity index (χ3n) is 1.25. The molecule has 10 heavy (non-hydrogen) atoms. The highest BCUT2D eigenvalue weighted by Crippen LogP contribution is 2.20. The van der Waals surface area contributed by atoms with Crippen molar-refractivity contribution in [1.82, 2.24) is 0 Å². The Balaban J connectivity index is 3.16. The molecule has 3 heteroatoms. The lowest BCUT2D eigenvalue weighted by Gasteiger charge is -1.94. The maximum absolute atomic E-state index is 9.98. The minimum absolute atomic E-state index is 0.418. The number of nitrogens with zero attached hydrogens (tertiary/aromatic N) is 1. The van der Waals surface area contributed by atoms with E-state index in [2.05, 4.69) is 5.18 Å². The molecule has 0 spiro atoms. The van der Waals surface area contributed by atoms with E-state index in [0.717, 1.165) is 5.56 Å². The summed E-state index contributed by atoms with van der Waals surface area (Å²) in [6, 6.07) is 4.89. The van der Waals surface area contributed by atoms with Gasteiger partial charge in [0.1, 0.15) is 5.69 Å². The second-order valence-corrected chi connectivity index (χ2v) is 2.43. The summed E-state index contributed by atoms with van der Waals surface area (Å²) >= 11 is 5.69. The maximum Gasteiger partial charge on any atom is 0.108 e. The van der Waals surface area contributed by atoms with Gasteiger partial charge < -0.3 is 0 Å². The molecule has 0 aromatic heterocycles. The molecule has 1 aromatic rings. The summed E-state index contributed by atoms with van der Waals surface area (Å²) in [5, 5.41) is 3.42. The number of halogens is 1. The molecule has 0 aliphatic rings. The number of rotatable bonds is 1. The van der Waals surface area contributed by atoms with E-state index in [1.807, 2.05) is 6.92 Å². The van der Waals surface area contributed by atoms with Crippen LogP contribution in [0.1, 0.15) is 5.56 Å². The lowest BCUT2D eigenvalue weighted by molar-refractivity contribution is 1.42. The predicted octanol–water partition coefficient (Wildman–Crippen LogP) is 3.05. The summed E-state index contributed by atoms with van der Waals surface area (Å²) in [6.07, 6.45) is 0. The van der Waals surface area contributed by atoms with Gasteiger partial charge in [-0.1, -0.05) is 11.6 Å². The van der Waals surface area contributed by atoms with E-state index in [9.17, 15) is 4.91 Å². The minimum Gasteiger partial charge on any atom is -0.145 e. The van der Waals surface area contributed by atoms with Gasteiger partial charge >= 0.3 is 0 Å². The molecule has 0 atom stereocenters. The van der Waals surface area contributed by atoms with Crippen molar-refractivity contribution in [3.63, 3.8) is 0 Å². The molecule has 1 rings (SSSR count). The second kappa shape index (κ2) is 2.80. The highest BCUT2D eigenvalue weighted by Gasteiger charge is 1.95. The topological polar surface area (TPSA) is 29.4 Å². The molecule has 0 unspecified atom stereocenters. The average molecular weight is 156 g/mol. The van der Waals surface area contributed by atoms with E-state index in [1.165, 1.54) is 0 Å². The Bertz CT molecular complexity index is 260. The van der Waals surface area contributed by atoms with Gasteiger partial charge in [0, 0.05) is 5.02 Å².